The van der Waals surface area contributed by atoms with Gasteiger partial charge in [0.1, 0.15) is 5.82 Å². The van der Waals surface area contributed by atoms with Crippen LogP contribution in [0, 0.1) is 6.92 Å². The molecular weight excluding hydrogens is 346 g/mol. The van der Waals surface area contributed by atoms with Gasteiger partial charge >= 0.3 is 0 Å². The number of aryl methyl sites for hydroxylation is 2. The van der Waals surface area contributed by atoms with Crippen LogP contribution in [0.5, 0.6) is 0 Å². The average Bonchev–Trinajstić information content (AvgIpc) is 3.06. The Morgan fingerprint density at radius 3 is 2.50 bits per heavy atom. The molecule has 9 heteroatoms. The molecule has 0 saturated heterocycles. The zero-order valence-electron chi connectivity index (χ0n) is 13.4. The monoisotopic (exact) mass is 363 g/mol. The van der Waals surface area contributed by atoms with Crippen molar-refractivity contribution in [3.63, 3.8) is 0 Å². The van der Waals surface area contributed by atoms with Crippen LogP contribution in [0.1, 0.15) is 5.69 Å². The maximum atomic E-state index is 11.2. The molecule has 2 aromatic heterocycles. The molecule has 0 atom stereocenters. The van der Waals surface area contributed by atoms with Crippen LogP contribution >= 0.6 is 11.3 Å². The Balaban J connectivity index is 1.76. The van der Waals surface area contributed by atoms with Crippen molar-refractivity contribution in [2.24, 2.45) is 7.05 Å². The van der Waals surface area contributed by atoms with E-state index in [2.05, 4.69) is 20.1 Å². The summed E-state index contributed by atoms with van der Waals surface area (Å²) in [4.78, 5) is 4.56. The molecule has 3 rings (SSSR count). The van der Waals surface area contributed by atoms with E-state index in [-0.39, 0.29) is 0 Å². The third-order valence-electron chi connectivity index (χ3n) is 3.23. The molecule has 7 nitrogen and oxygen atoms in total. The maximum absolute atomic E-state index is 11.2. The molecule has 0 aliphatic heterocycles. The van der Waals surface area contributed by atoms with Crippen LogP contribution in [0.2, 0.25) is 0 Å². The highest BCUT2D eigenvalue weighted by molar-refractivity contribution is 7.92. The molecule has 0 aliphatic carbocycles. The number of thiazole rings is 1. The van der Waals surface area contributed by atoms with Crippen LogP contribution in [-0.2, 0) is 17.1 Å². The summed E-state index contributed by atoms with van der Waals surface area (Å²) in [6, 6.07) is 9.05. The Hall–Kier alpha value is -2.39. The molecular formula is C15H17N5O2S2. The number of rotatable bonds is 5. The first-order valence-electron chi connectivity index (χ1n) is 7.11. The minimum absolute atomic E-state index is 0.528. The highest BCUT2D eigenvalue weighted by atomic mass is 32.2. The van der Waals surface area contributed by atoms with Gasteiger partial charge < -0.3 is 5.32 Å². The minimum atomic E-state index is -3.27. The van der Waals surface area contributed by atoms with Crippen molar-refractivity contribution in [2.45, 2.75) is 6.92 Å². The van der Waals surface area contributed by atoms with Gasteiger partial charge in [-0.2, -0.15) is 5.10 Å². The van der Waals surface area contributed by atoms with Crippen molar-refractivity contribution >= 4 is 38.0 Å². The van der Waals surface area contributed by atoms with Gasteiger partial charge in [0.2, 0.25) is 10.0 Å². The summed E-state index contributed by atoms with van der Waals surface area (Å²) in [6.45, 7) is 1.94. The third-order valence-corrected chi connectivity index (χ3v) is 4.59. The highest BCUT2D eigenvalue weighted by Gasteiger charge is 2.08. The molecule has 2 N–H and O–H groups in total. The first-order valence-corrected chi connectivity index (χ1v) is 9.89. The molecule has 0 radical (unpaired) electrons. The highest BCUT2D eigenvalue weighted by Crippen LogP contribution is 2.28. The molecule has 0 amide bonds. The van der Waals surface area contributed by atoms with Crippen molar-refractivity contribution < 1.29 is 8.42 Å². The summed E-state index contributed by atoms with van der Waals surface area (Å²) >= 11 is 1.50. The van der Waals surface area contributed by atoms with E-state index in [9.17, 15) is 8.42 Å². The summed E-state index contributed by atoms with van der Waals surface area (Å²) in [6.07, 6.45) is 1.12. The fourth-order valence-corrected chi connectivity index (χ4v) is 3.51. The lowest BCUT2D eigenvalue weighted by atomic mass is 10.1. The zero-order valence-corrected chi connectivity index (χ0v) is 15.1. The predicted molar refractivity (Wildman–Crippen MR) is 97.2 cm³/mol. The van der Waals surface area contributed by atoms with E-state index < -0.39 is 10.0 Å². The van der Waals surface area contributed by atoms with Gasteiger partial charge in [0, 0.05) is 29.7 Å². The summed E-state index contributed by atoms with van der Waals surface area (Å²) in [5, 5.41) is 10.2. The van der Waals surface area contributed by atoms with Gasteiger partial charge in [0.05, 0.1) is 17.6 Å². The Bertz CT molecular complexity index is 958. The first kappa shape index (κ1) is 16.5. The number of hydrogen-bond donors (Lipinski definition) is 2. The molecule has 1 aromatic carbocycles. The van der Waals surface area contributed by atoms with Gasteiger partial charge in [0.25, 0.3) is 0 Å². The molecule has 126 valence electrons. The zero-order chi connectivity index (χ0) is 17.3. The Kier molecular flexibility index (Phi) is 4.29. The van der Waals surface area contributed by atoms with Crippen LogP contribution in [0.3, 0.4) is 0 Å². The standard InChI is InChI=1S/C15H17N5O2S2/c1-10-8-14(20(2)18-10)17-15-16-13(9-23-15)11-4-6-12(7-5-11)19-24(3,21)22/h4-9,19H,1-3H3,(H,16,17). The van der Waals surface area contributed by atoms with E-state index in [1.165, 1.54) is 11.3 Å². The Morgan fingerprint density at radius 1 is 1.21 bits per heavy atom. The molecule has 0 bridgehead atoms. The van der Waals surface area contributed by atoms with Crippen molar-refractivity contribution in [2.75, 3.05) is 16.3 Å². The normalized spacial score (nSPS) is 11.5. The minimum Gasteiger partial charge on any atom is -0.316 e. The van der Waals surface area contributed by atoms with E-state index in [4.69, 9.17) is 0 Å². The summed E-state index contributed by atoms with van der Waals surface area (Å²) in [7, 11) is -1.40. The topological polar surface area (TPSA) is 88.9 Å². The Labute approximate surface area is 144 Å². The van der Waals surface area contributed by atoms with E-state index in [1.807, 2.05) is 37.6 Å². The SMILES string of the molecule is Cc1cc(Nc2nc(-c3ccc(NS(C)(=O)=O)cc3)cs2)n(C)n1. The van der Waals surface area contributed by atoms with Gasteiger partial charge in [-0.15, -0.1) is 11.3 Å². The maximum Gasteiger partial charge on any atom is 0.229 e. The number of anilines is 3. The van der Waals surface area contributed by atoms with Crippen molar-refractivity contribution in [3.05, 3.63) is 41.4 Å². The third kappa shape index (κ3) is 3.92. The quantitative estimate of drug-likeness (QED) is 0.727. The lowest BCUT2D eigenvalue weighted by Gasteiger charge is -2.04. The van der Waals surface area contributed by atoms with Gasteiger partial charge in [0.15, 0.2) is 5.13 Å². The molecule has 0 unspecified atom stereocenters. The summed E-state index contributed by atoms with van der Waals surface area (Å²) in [5.41, 5.74) is 3.21. The van der Waals surface area contributed by atoms with E-state index in [0.717, 1.165) is 34.2 Å². The van der Waals surface area contributed by atoms with Crippen molar-refractivity contribution in [3.8, 4) is 11.3 Å². The van der Waals surface area contributed by atoms with E-state index in [1.54, 1.807) is 16.8 Å². The van der Waals surface area contributed by atoms with Crippen molar-refractivity contribution in [1.29, 1.82) is 0 Å². The first-order chi connectivity index (χ1) is 11.3. The number of hydrogen-bond acceptors (Lipinski definition) is 6. The van der Waals surface area contributed by atoms with Gasteiger partial charge in [-0.1, -0.05) is 12.1 Å². The van der Waals surface area contributed by atoms with Gasteiger partial charge in [-0.25, -0.2) is 13.4 Å². The summed E-state index contributed by atoms with van der Waals surface area (Å²) < 4.78 is 26.7. The molecule has 24 heavy (non-hydrogen) atoms. The fraction of sp³-hybridized carbons (Fsp3) is 0.200. The smallest absolute Gasteiger partial charge is 0.229 e. The molecule has 3 aromatic rings. The second-order valence-electron chi connectivity index (χ2n) is 5.41. The number of nitrogens with one attached hydrogen (secondary N) is 2. The van der Waals surface area contributed by atoms with Gasteiger partial charge in [-0.05, 0) is 19.1 Å². The summed E-state index contributed by atoms with van der Waals surface area (Å²) in [5.74, 6) is 0.876. The molecule has 0 aliphatic rings. The van der Waals surface area contributed by atoms with Crippen LogP contribution in [0.15, 0.2) is 35.7 Å². The van der Waals surface area contributed by atoms with Crippen LogP contribution < -0.4 is 10.0 Å². The molecule has 0 spiro atoms. The molecule has 2 heterocycles. The van der Waals surface area contributed by atoms with E-state index in [0.29, 0.717) is 5.69 Å². The number of benzene rings is 1. The second-order valence-corrected chi connectivity index (χ2v) is 8.02. The Morgan fingerprint density at radius 2 is 1.92 bits per heavy atom. The number of aromatic nitrogens is 3. The van der Waals surface area contributed by atoms with Crippen LogP contribution in [0.25, 0.3) is 11.3 Å². The largest absolute Gasteiger partial charge is 0.316 e. The predicted octanol–water partition coefficient (Wildman–Crippen LogP) is 2.97. The van der Waals surface area contributed by atoms with Crippen LogP contribution in [0.4, 0.5) is 16.6 Å². The van der Waals surface area contributed by atoms with E-state index >= 15 is 0 Å². The lowest BCUT2D eigenvalue weighted by molar-refractivity contribution is 0.607. The average molecular weight is 363 g/mol. The number of nitrogens with zero attached hydrogens (tertiary/aromatic N) is 3. The number of sulfonamides is 1. The molecule has 0 saturated carbocycles. The second kappa shape index (κ2) is 6.25. The fourth-order valence-electron chi connectivity index (χ4n) is 2.22. The lowest BCUT2D eigenvalue weighted by Crippen LogP contribution is -2.09. The van der Waals surface area contributed by atoms with Crippen molar-refractivity contribution in [1.82, 2.24) is 14.8 Å². The van der Waals surface area contributed by atoms with Gasteiger partial charge in [-0.3, -0.25) is 9.40 Å². The van der Waals surface area contributed by atoms with Crippen LogP contribution in [-0.4, -0.2) is 29.4 Å². The molecule has 0 fully saturated rings.